The van der Waals surface area contributed by atoms with Crippen LogP contribution in [0.4, 0.5) is 0 Å². The third-order valence-electron chi connectivity index (χ3n) is 6.90. The SMILES string of the molecule is Cc1c(CNC(=O)[C@@H]2C[C@@H](O)CN2C(=O)[C@@H](n2cc(C3CC3)nn2)C(C)(C)C)cnn1CC(C)C. The lowest BCUT2D eigenvalue weighted by molar-refractivity contribution is -0.144. The lowest BCUT2D eigenvalue weighted by Gasteiger charge is -2.34. The lowest BCUT2D eigenvalue weighted by Crippen LogP contribution is -2.50. The van der Waals surface area contributed by atoms with Crippen molar-refractivity contribution in [2.45, 2.75) is 98.0 Å². The van der Waals surface area contributed by atoms with Gasteiger partial charge in [-0.2, -0.15) is 5.10 Å². The van der Waals surface area contributed by atoms with Gasteiger partial charge in [0, 0.05) is 49.4 Å². The van der Waals surface area contributed by atoms with Gasteiger partial charge < -0.3 is 15.3 Å². The van der Waals surface area contributed by atoms with E-state index in [4.69, 9.17) is 0 Å². The first-order valence-corrected chi connectivity index (χ1v) is 12.6. The maximum atomic E-state index is 13.8. The standard InChI is InChI=1S/C25H39N7O3/c1-15(2)12-31-16(3)18(11-27-31)10-26-23(34)21-9-19(33)13-30(21)24(35)22(25(4,5)6)32-14-20(28-29-32)17-7-8-17/h11,14-15,17,19,21-22,33H,7-10,12-13H2,1-6H3,(H,26,34)/t19-,21+,22-/m1/s1. The van der Waals surface area contributed by atoms with Gasteiger partial charge in [-0.1, -0.05) is 39.8 Å². The van der Waals surface area contributed by atoms with E-state index >= 15 is 0 Å². The fourth-order valence-electron chi connectivity index (χ4n) is 4.81. The summed E-state index contributed by atoms with van der Waals surface area (Å²) in [5.41, 5.74) is 2.42. The maximum absolute atomic E-state index is 13.8. The van der Waals surface area contributed by atoms with Crippen LogP contribution in [0.25, 0.3) is 0 Å². The molecule has 1 aliphatic heterocycles. The number of carbonyl (C=O) groups excluding carboxylic acids is 2. The fraction of sp³-hybridized carbons (Fsp3) is 0.720. The van der Waals surface area contributed by atoms with E-state index in [1.165, 1.54) is 4.90 Å². The van der Waals surface area contributed by atoms with Gasteiger partial charge in [0.2, 0.25) is 11.8 Å². The second-order valence-corrected chi connectivity index (χ2v) is 11.6. The molecule has 2 amide bonds. The van der Waals surface area contributed by atoms with Crippen LogP contribution in [-0.2, 0) is 22.7 Å². The van der Waals surface area contributed by atoms with Gasteiger partial charge in [-0.25, -0.2) is 4.68 Å². The number of nitrogens with zero attached hydrogens (tertiary/aromatic N) is 6. The Bertz CT molecular complexity index is 1060. The highest BCUT2D eigenvalue weighted by molar-refractivity contribution is 5.90. The van der Waals surface area contributed by atoms with Crippen molar-refractivity contribution < 1.29 is 14.7 Å². The Labute approximate surface area is 207 Å². The first-order chi connectivity index (χ1) is 16.5. The van der Waals surface area contributed by atoms with Crippen molar-refractivity contribution in [2.75, 3.05) is 6.54 Å². The summed E-state index contributed by atoms with van der Waals surface area (Å²) >= 11 is 0. The van der Waals surface area contributed by atoms with E-state index < -0.39 is 23.6 Å². The molecule has 2 fully saturated rings. The van der Waals surface area contributed by atoms with Crippen LogP contribution >= 0.6 is 0 Å². The molecule has 3 heterocycles. The van der Waals surface area contributed by atoms with E-state index in [-0.39, 0.29) is 24.8 Å². The molecular weight excluding hydrogens is 446 g/mol. The number of likely N-dealkylation sites (tertiary alicyclic amines) is 1. The zero-order chi connectivity index (χ0) is 25.5. The van der Waals surface area contributed by atoms with Gasteiger partial charge in [-0.15, -0.1) is 5.10 Å². The maximum Gasteiger partial charge on any atom is 0.248 e. The van der Waals surface area contributed by atoms with Crippen molar-refractivity contribution in [2.24, 2.45) is 11.3 Å². The molecule has 1 saturated carbocycles. The van der Waals surface area contributed by atoms with Crippen LogP contribution in [0.5, 0.6) is 0 Å². The van der Waals surface area contributed by atoms with E-state index in [1.54, 1.807) is 10.9 Å². The minimum absolute atomic E-state index is 0.124. The molecule has 192 valence electrons. The molecule has 0 spiro atoms. The third kappa shape index (κ3) is 5.58. The number of β-amino-alcohol motifs (C(OH)–C–C–N with tert-alkyl or cyclic N) is 1. The van der Waals surface area contributed by atoms with Gasteiger partial charge in [-0.05, 0) is 31.1 Å². The van der Waals surface area contributed by atoms with Crippen LogP contribution in [0.15, 0.2) is 12.4 Å². The summed E-state index contributed by atoms with van der Waals surface area (Å²) in [4.78, 5) is 28.5. The first kappa shape index (κ1) is 25.3. The first-order valence-electron chi connectivity index (χ1n) is 12.6. The molecule has 0 aromatic carbocycles. The van der Waals surface area contributed by atoms with E-state index in [2.05, 4.69) is 34.6 Å². The largest absolute Gasteiger partial charge is 0.391 e. The predicted octanol–water partition coefficient (Wildman–Crippen LogP) is 2.18. The topological polar surface area (TPSA) is 118 Å². The van der Waals surface area contributed by atoms with E-state index in [0.717, 1.165) is 36.3 Å². The number of hydrogen-bond acceptors (Lipinski definition) is 6. The fourth-order valence-corrected chi connectivity index (χ4v) is 4.81. The minimum atomic E-state index is -0.747. The highest BCUT2D eigenvalue weighted by atomic mass is 16.3. The molecule has 2 aromatic rings. The second kappa shape index (κ2) is 9.72. The molecule has 10 heteroatoms. The average Bonchev–Trinajstić information content (AvgIpc) is 3.22. The van der Waals surface area contributed by atoms with Gasteiger partial charge in [-0.3, -0.25) is 14.3 Å². The number of hydrogen-bond donors (Lipinski definition) is 2. The molecule has 2 N–H and O–H groups in total. The van der Waals surface area contributed by atoms with Crippen molar-refractivity contribution in [3.05, 3.63) is 29.3 Å². The van der Waals surface area contributed by atoms with Gasteiger partial charge in [0.05, 0.1) is 18.0 Å². The molecule has 0 bridgehead atoms. The van der Waals surface area contributed by atoms with Crippen molar-refractivity contribution in [1.82, 2.24) is 35.0 Å². The quantitative estimate of drug-likeness (QED) is 0.592. The average molecular weight is 486 g/mol. The lowest BCUT2D eigenvalue weighted by atomic mass is 9.85. The highest BCUT2D eigenvalue weighted by Crippen LogP contribution is 2.40. The van der Waals surface area contributed by atoms with Crippen LogP contribution in [0.3, 0.4) is 0 Å². The number of aliphatic hydroxyl groups excluding tert-OH is 1. The Hall–Kier alpha value is -2.75. The van der Waals surface area contributed by atoms with Crippen molar-refractivity contribution in [3.8, 4) is 0 Å². The number of rotatable bonds is 8. The van der Waals surface area contributed by atoms with E-state index in [9.17, 15) is 14.7 Å². The summed E-state index contributed by atoms with van der Waals surface area (Å²) in [5.74, 6) is 0.412. The van der Waals surface area contributed by atoms with Gasteiger partial charge in [0.15, 0.2) is 0 Å². The van der Waals surface area contributed by atoms with Crippen LogP contribution in [0, 0.1) is 18.3 Å². The number of carbonyl (C=O) groups is 2. The third-order valence-corrected chi connectivity index (χ3v) is 6.90. The number of aromatic nitrogens is 5. The van der Waals surface area contributed by atoms with Crippen LogP contribution in [0.1, 0.15) is 82.8 Å². The van der Waals surface area contributed by atoms with Crippen LogP contribution in [-0.4, -0.2) is 65.3 Å². The van der Waals surface area contributed by atoms with E-state index in [0.29, 0.717) is 18.4 Å². The Morgan fingerprint density at radius 2 is 1.97 bits per heavy atom. The molecular formula is C25H39N7O3. The normalized spacial score (nSPS) is 21.5. The Kier molecular flexibility index (Phi) is 7.04. The molecule has 1 aliphatic carbocycles. The molecule has 2 aliphatic rings. The summed E-state index contributed by atoms with van der Waals surface area (Å²) in [6.07, 6.45) is 5.31. The van der Waals surface area contributed by atoms with Crippen LogP contribution in [0.2, 0.25) is 0 Å². The van der Waals surface area contributed by atoms with Crippen molar-refractivity contribution in [1.29, 1.82) is 0 Å². The minimum Gasteiger partial charge on any atom is -0.391 e. The van der Waals surface area contributed by atoms with Gasteiger partial charge >= 0.3 is 0 Å². The van der Waals surface area contributed by atoms with Gasteiger partial charge in [0.25, 0.3) is 0 Å². The zero-order valence-corrected chi connectivity index (χ0v) is 21.7. The predicted molar refractivity (Wildman–Crippen MR) is 130 cm³/mol. The summed E-state index contributed by atoms with van der Waals surface area (Å²) < 4.78 is 3.59. The molecule has 0 unspecified atom stereocenters. The Morgan fingerprint density at radius 1 is 1.26 bits per heavy atom. The van der Waals surface area contributed by atoms with Gasteiger partial charge in [0.1, 0.15) is 12.1 Å². The molecule has 1 saturated heterocycles. The van der Waals surface area contributed by atoms with Crippen molar-refractivity contribution in [3.63, 3.8) is 0 Å². The number of nitrogens with one attached hydrogen (secondary N) is 1. The summed E-state index contributed by atoms with van der Waals surface area (Å²) in [6.45, 7) is 13.5. The molecule has 35 heavy (non-hydrogen) atoms. The Morgan fingerprint density at radius 3 is 2.60 bits per heavy atom. The monoisotopic (exact) mass is 485 g/mol. The summed E-state index contributed by atoms with van der Waals surface area (Å²) in [6, 6.07) is -1.36. The molecule has 0 radical (unpaired) electrons. The zero-order valence-electron chi connectivity index (χ0n) is 21.7. The molecule has 10 nitrogen and oxygen atoms in total. The molecule has 4 rings (SSSR count). The molecule has 3 atom stereocenters. The van der Waals surface area contributed by atoms with Crippen LogP contribution < -0.4 is 5.32 Å². The Balaban J connectivity index is 1.48. The van der Waals surface area contributed by atoms with Crippen molar-refractivity contribution >= 4 is 11.8 Å². The summed E-state index contributed by atoms with van der Waals surface area (Å²) in [7, 11) is 0. The smallest absolute Gasteiger partial charge is 0.248 e. The second-order valence-electron chi connectivity index (χ2n) is 11.6. The number of amides is 2. The highest BCUT2D eigenvalue weighted by Gasteiger charge is 2.45. The van der Waals surface area contributed by atoms with E-state index in [1.807, 2.05) is 38.6 Å². The number of aliphatic hydroxyl groups is 1. The molecule has 2 aromatic heterocycles. The summed E-state index contributed by atoms with van der Waals surface area (Å²) in [5, 5.41) is 26.4.